The molecule has 3 aliphatic rings. The van der Waals surface area contributed by atoms with Gasteiger partial charge in [0.2, 0.25) is 0 Å². The predicted molar refractivity (Wildman–Crippen MR) is 133 cm³/mol. The summed E-state index contributed by atoms with van der Waals surface area (Å²) in [6.45, 7) is 3.69. The molecule has 184 valence electrons. The molecule has 2 aromatic rings. The number of fused-ring (bicyclic) bond motifs is 3. The van der Waals surface area contributed by atoms with E-state index < -0.39 is 11.7 Å². The maximum atomic E-state index is 13.7. The van der Waals surface area contributed by atoms with Crippen molar-refractivity contribution in [3.05, 3.63) is 35.9 Å². The van der Waals surface area contributed by atoms with Gasteiger partial charge >= 0.3 is 6.18 Å². The van der Waals surface area contributed by atoms with Crippen LogP contribution in [0.4, 0.5) is 35.9 Å². The molecular formula is C25H32F3N5S. The Hall–Kier alpha value is -2.10. The van der Waals surface area contributed by atoms with Crippen LogP contribution in [0.1, 0.15) is 37.7 Å². The highest BCUT2D eigenvalue weighted by atomic mass is 32.2. The van der Waals surface area contributed by atoms with Crippen molar-refractivity contribution in [3.63, 3.8) is 0 Å². The average molecular weight is 492 g/mol. The van der Waals surface area contributed by atoms with Gasteiger partial charge in [-0.25, -0.2) is 0 Å². The minimum absolute atomic E-state index is 0.485. The molecule has 1 aliphatic carbocycles. The summed E-state index contributed by atoms with van der Waals surface area (Å²) in [5, 5.41) is 9.84. The quantitative estimate of drug-likeness (QED) is 0.306. The molecular weight excluding hydrogens is 459 g/mol. The van der Waals surface area contributed by atoms with Crippen molar-refractivity contribution in [1.29, 1.82) is 0 Å². The van der Waals surface area contributed by atoms with E-state index in [1.54, 1.807) is 0 Å². The Morgan fingerprint density at radius 2 is 1.94 bits per heavy atom. The van der Waals surface area contributed by atoms with E-state index in [1.165, 1.54) is 55.3 Å². The normalized spacial score (nSPS) is 21.1. The number of hydrogen-bond donors (Lipinski definition) is 4. The van der Waals surface area contributed by atoms with Gasteiger partial charge in [-0.05, 0) is 68.5 Å². The van der Waals surface area contributed by atoms with Crippen molar-refractivity contribution >= 4 is 34.5 Å². The molecule has 2 aliphatic heterocycles. The van der Waals surface area contributed by atoms with Gasteiger partial charge in [-0.15, -0.1) is 0 Å². The second kappa shape index (κ2) is 9.87. The molecule has 34 heavy (non-hydrogen) atoms. The highest BCUT2D eigenvalue weighted by molar-refractivity contribution is 7.99. The molecule has 2 aromatic carbocycles. The van der Waals surface area contributed by atoms with Crippen LogP contribution in [0.5, 0.6) is 0 Å². The summed E-state index contributed by atoms with van der Waals surface area (Å²) in [4.78, 5) is 4.08. The third-order valence-corrected chi connectivity index (χ3v) is 8.23. The molecule has 2 atom stereocenters. The van der Waals surface area contributed by atoms with Crippen LogP contribution >= 0.6 is 11.8 Å². The summed E-state index contributed by atoms with van der Waals surface area (Å²) in [7, 11) is 0. The van der Waals surface area contributed by atoms with E-state index in [0.29, 0.717) is 35.4 Å². The number of rotatable bonds is 8. The Morgan fingerprint density at radius 3 is 2.76 bits per heavy atom. The summed E-state index contributed by atoms with van der Waals surface area (Å²) in [5.74, 6) is 0.788. The van der Waals surface area contributed by atoms with Crippen molar-refractivity contribution in [2.75, 3.05) is 48.3 Å². The Bertz CT molecular complexity index is 1030. The van der Waals surface area contributed by atoms with Crippen molar-refractivity contribution in [2.24, 2.45) is 11.7 Å². The molecule has 0 aromatic heterocycles. The first-order valence-electron chi connectivity index (χ1n) is 12.2. The fourth-order valence-electron chi connectivity index (χ4n) is 5.48. The Kier molecular flexibility index (Phi) is 6.86. The van der Waals surface area contributed by atoms with E-state index in [2.05, 4.69) is 39.0 Å². The minimum Gasteiger partial charge on any atom is -0.383 e. The summed E-state index contributed by atoms with van der Waals surface area (Å²) in [6, 6.07) is 9.45. The number of hydrogen-bond acceptors (Lipinski definition) is 6. The van der Waals surface area contributed by atoms with E-state index in [-0.39, 0.29) is 0 Å². The largest absolute Gasteiger partial charge is 0.416 e. The van der Waals surface area contributed by atoms with E-state index >= 15 is 0 Å². The predicted octanol–water partition coefficient (Wildman–Crippen LogP) is 5.64. The second-order valence-electron chi connectivity index (χ2n) is 9.36. The molecule has 1 saturated heterocycles. The molecule has 1 saturated carbocycles. The molecule has 0 radical (unpaired) electrons. The molecule has 0 spiro atoms. The van der Waals surface area contributed by atoms with Gasteiger partial charge in [0.15, 0.2) is 0 Å². The number of alkyl halides is 3. The molecule has 5 N–H and O–H groups in total. The van der Waals surface area contributed by atoms with Crippen LogP contribution in [0, 0.1) is 5.92 Å². The van der Waals surface area contributed by atoms with Crippen molar-refractivity contribution in [2.45, 2.75) is 54.1 Å². The summed E-state index contributed by atoms with van der Waals surface area (Å²) in [5.41, 5.74) is 8.17. The lowest BCUT2D eigenvalue weighted by Crippen LogP contribution is -2.29. The van der Waals surface area contributed by atoms with Crippen LogP contribution in [0.15, 0.2) is 40.1 Å². The number of benzene rings is 2. The Balaban J connectivity index is 1.37. The van der Waals surface area contributed by atoms with E-state index in [1.807, 2.05) is 0 Å². The van der Waals surface area contributed by atoms with Gasteiger partial charge in [-0.3, -0.25) is 0 Å². The molecule has 2 heterocycles. The topological polar surface area (TPSA) is 65.3 Å². The first-order chi connectivity index (χ1) is 16.4. The first kappa shape index (κ1) is 23.6. The molecule has 2 unspecified atom stereocenters. The van der Waals surface area contributed by atoms with Crippen molar-refractivity contribution in [3.8, 4) is 0 Å². The molecule has 5 rings (SSSR count). The minimum atomic E-state index is -4.40. The lowest BCUT2D eigenvalue weighted by Gasteiger charge is -2.29. The van der Waals surface area contributed by atoms with Crippen LogP contribution in [0.2, 0.25) is 0 Å². The number of nitrogens with zero attached hydrogens (tertiary/aromatic N) is 1. The third kappa shape index (κ3) is 4.83. The zero-order valence-corrected chi connectivity index (χ0v) is 20.0. The first-order valence-corrected chi connectivity index (χ1v) is 13.0. The van der Waals surface area contributed by atoms with Gasteiger partial charge in [0.25, 0.3) is 0 Å². The highest BCUT2D eigenvalue weighted by Crippen LogP contribution is 2.51. The van der Waals surface area contributed by atoms with E-state index in [0.717, 1.165) is 42.6 Å². The fourth-order valence-corrected chi connectivity index (χ4v) is 6.57. The Morgan fingerprint density at radius 1 is 1.06 bits per heavy atom. The SMILES string of the molecule is NCCNCCCNc1cc(C(F)(F)F)cc2c1Nc1ccc(N3CCC4CCCC43)cc1S2. The van der Waals surface area contributed by atoms with Crippen LogP contribution < -0.4 is 26.6 Å². The lowest BCUT2D eigenvalue weighted by molar-refractivity contribution is -0.137. The van der Waals surface area contributed by atoms with Crippen molar-refractivity contribution in [1.82, 2.24) is 5.32 Å². The molecule has 0 amide bonds. The zero-order valence-electron chi connectivity index (χ0n) is 19.2. The molecule has 2 fully saturated rings. The monoisotopic (exact) mass is 491 g/mol. The maximum Gasteiger partial charge on any atom is 0.416 e. The summed E-state index contributed by atoms with van der Waals surface area (Å²) < 4.78 is 41.0. The smallest absolute Gasteiger partial charge is 0.383 e. The van der Waals surface area contributed by atoms with E-state index in [4.69, 9.17) is 5.73 Å². The Labute approximate surface area is 203 Å². The summed E-state index contributed by atoms with van der Waals surface area (Å²) in [6.07, 6.45) is 1.47. The van der Waals surface area contributed by atoms with Gasteiger partial charge in [-0.1, -0.05) is 18.2 Å². The molecule has 5 nitrogen and oxygen atoms in total. The number of halogens is 3. The number of nitrogens with one attached hydrogen (secondary N) is 3. The van der Waals surface area contributed by atoms with E-state index in [9.17, 15) is 13.2 Å². The second-order valence-corrected chi connectivity index (χ2v) is 10.4. The van der Waals surface area contributed by atoms with Gasteiger partial charge in [-0.2, -0.15) is 13.2 Å². The van der Waals surface area contributed by atoms with Crippen molar-refractivity contribution < 1.29 is 13.2 Å². The van der Waals surface area contributed by atoms with Crippen LogP contribution in [-0.2, 0) is 6.18 Å². The standard InChI is InChI=1S/C25H32F3N5S/c26-25(27,28)17-13-20(31-10-2-9-30-11-8-29)24-23(14-17)34-22-15-18(5-6-19(22)32-24)33-12-7-16-3-1-4-21(16)33/h5-6,13-16,21,30-32H,1-4,7-12,29H2. The fraction of sp³-hybridized carbons (Fsp3) is 0.520. The maximum absolute atomic E-state index is 13.7. The highest BCUT2D eigenvalue weighted by Gasteiger charge is 2.38. The van der Waals surface area contributed by atoms with Crippen LogP contribution in [0.3, 0.4) is 0 Å². The number of nitrogens with two attached hydrogens (primary N) is 1. The molecule has 0 bridgehead atoms. The van der Waals surface area contributed by atoms with Crippen LogP contribution in [0.25, 0.3) is 0 Å². The van der Waals surface area contributed by atoms with Gasteiger partial charge < -0.3 is 26.6 Å². The average Bonchev–Trinajstić information content (AvgIpc) is 3.43. The summed E-state index contributed by atoms with van der Waals surface area (Å²) >= 11 is 1.42. The number of anilines is 4. The lowest BCUT2D eigenvalue weighted by atomic mass is 10.0. The third-order valence-electron chi connectivity index (χ3n) is 7.13. The van der Waals surface area contributed by atoms with Gasteiger partial charge in [0.1, 0.15) is 0 Å². The van der Waals surface area contributed by atoms with Gasteiger partial charge in [0.05, 0.1) is 22.6 Å². The zero-order chi connectivity index (χ0) is 23.7. The van der Waals surface area contributed by atoms with Gasteiger partial charge in [0, 0.05) is 47.7 Å². The molecule has 9 heteroatoms. The van der Waals surface area contributed by atoms with Crippen LogP contribution in [-0.4, -0.2) is 38.8 Å².